The molecule has 0 aliphatic carbocycles. The Hall–Kier alpha value is -2.17. The summed E-state index contributed by atoms with van der Waals surface area (Å²) in [7, 11) is 0. The molecule has 0 atom stereocenters. The summed E-state index contributed by atoms with van der Waals surface area (Å²) in [5, 5.41) is 11.7. The number of hydrogen-bond donors (Lipinski definition) is 0. The molecule has 0 saturated carbocycles. The van der Waals surface area contributed by atoms with Crippen molar-refractivity contribution in [2.45, 2.75) is 6.92 Å². The van der Waals surface area contributed by atoms with Gasteiger partial charge in [0.25, 0.3) is 0 Å². The van der Waals surface area contributed by atoms with Gasteiger partial charge in [-0.15, -0.1) is 0 Å². The van der Waals surface area contributed by atoms with Gasteiger partial charge >= 0.3 is 120 Å². The van der Waals surface area contributed by atoms with Crippen LogP contribution >= 0.6 is 0 Å². The van der Waals surface area contributed by atoms with Gasteiger partial charge in [-0.05, 0) is 0 Å². The number of aromatic nitrogens is 1. The van der Waals surface area contributed by atoms with Crippen molar-refractivity contribution in [3.8, 4) is 5.69 Å². The fourth-order valence-electron chi connectivity index (χ4n) is 2.16. The first-order valence-electron chi connectivity index (χ1n) is 5.95. The van der Waals surface area contributed by atoms with Crippen LogP contribution in [-0.2, 0) is 0 Å². The molecule has 1 heterocycles. The minimum absolute atomic E-state index is 0.0436. The van der Waals surface area contributed by atoms with Crippen molar-refractivity contribution in [1.82, 2.24) is 3.56 Å². The molecule has 0 fully saturated rings. The van der Waals surface area contributed by atoms with Crippen LogP contribution in [0.1, 0.15) is 5.56 Å². The summed E-state index contributed by atoms with van der Waals surface area (Å²) in [5.41, 5.74) is 1.12. The summed E-state index contributed by atoms with van der Waals surface area (Å²) >= 11 is -0.173. The summed E-state index contributed by atoms with van der Waals surface area (Å²) in [6.45, 7) is 1.68. The second-order valence-corrected chi connectivity index (χ2v) is 6.44. The van der Waals surface area contributed by atoms with Crippen molar-refractivity contribution in [2.24, 2.45) is 0 Å². The Morgan fingerprint density at radius 2 is 1.90 bits per heavy atom. The maximum atomic E-state index is 12.4. The van der Waals surface area contributed by atoms with E-state index < -0.39 is 4.92 Å². The third-order valence-electron chi connectivity index (χ3n) is 3.18. The third kappa shape index (κ3) is 1.90. The zero-order chi connectivity index (χ0) is 14.3. The Morgan fingerprint density at radius 3 is 2.60 bits per heavy atom. The quantitative estimate of drug-likeness (QED) is 0.410. The van der Waals surface area contributed by atoms with E-state index in [9.17, 15) is 14.9 Å². The number of nitrogens with zero attached hydrogens (tertiary/aromatic N) is 2. The first-order chi connectivity index (χ1) is 9.59. The molecule has 1 aromatic heterocycles. The van der Waals surface area contributed by atoms with Crippen molar-refractivity contribution >= 4 is 30.1 Å². The van der Waals surface area contributed by atoms with E-state index in [1.807, 2.05) is 18.2 Å². The van der Waals surface area contributed by atoms with Crippen LogP contribution in [0.25, 0.3) is 15.3 Å². The first kappa shape index (κ1) is 12.8. The molecule has 100 valence electrons. The van der Waals surface area contributed by atoms with E-state index in [4.69, 9.17) is 0 Å². The summed E-state index contributed by atoms with van der Waals surface area (Å²) in [6, 6.07) is 12.3. The van der Waals surface area contributed by atoms with Crippen LogP contribution in [0.5, 0.6) is 0 Å². The van der Waals surface area contributed by atoms with E-state index in [-0.39, 0.29) is 26.0 Å². The summed E-state index contributed by atoms with van der Waals surface area (Å²) in [5.74, 6) is 0. The van der Waals surface area contributed by atoms with Crippen LogP contribution in [0.3, 0.4) is 0 Å². The number of nitro groups is 1. The Labute approximate surface area is 120 Å². The third-order valence-corrected chi connectivity index (χ3v) is 5.49. The standard InChI is InChI=1S/C14H10N2O3Se/c1-9-11(6-4-7-12(9)16(18)19)15-14(17)10-5-2-3-8-13(10)20-15/h2-8H,1H3. The average molecular weight is 333 g/mol. The van der Waals surface area contributed by atoms with Crippen molar-refractivity contribution in [1.29, 1.82) is 0 Å². The molecule has 0 saturated heterocycles. The molecular weight excluding hydrogens is 323 g/mol. The van der Waals surface area contributed by atoms with Crippen molar-refractivity contribution < 1.29 is 4.92 Å². The molecule has 6 heteroatoms. The van der Waals surface area contributed by atoms with Crippen LogP contribution in [-0.4, -0.2) is 23.2 Å². The Kier molecular flexibility index (Phi) is 3.04. The normalized spacial score (nSPS) is 10.8. The van der Waals surface area contributed by atoms with Gasteiger partial charge in [0.05, 0.1) is 0 Å². The van der Waals surface area contributed by atoms with E-state index in [0.717, 1.165) is 4.26 Å². The van der Waals surface area contributed by atoms with Crippen LogP contribution in [0, 0.1) is 17.0 Å². The van der Waals surface area contributed by atoms with Crippen molar-refractivity contribution in [2.75, 3.05) is 0 Å². The number of benzene rings is 2. The van der Waals surface area contributed by atoms with Gasteiger partial charge in [-0.1, -0.05) is 0 Å². The van der Waals surface area contributed by atoms with Crippen molar-refractivity contribution in [3.05, 3.63) is 68.5 Å². The summed E-state index contributed by atoms with van der Waals surface area (Å²) in [4.78, 5) is 23.0. The molecule has 2 aromatic carbocycles. The molecule has 0 bridgehead atoms. The number of fused-ring (bicyclic) bond motifs is 1. The van der Waals surface area contributed by atoms with Gasteiger partial charge in [-0.2, -0.15) is 0 Å². The van der Waals surface area contributed by atoms with E-state index >= 15 is 0 Å². The molecule has 0 aliphatic rings. The minimum atomic E-state index is -0.417. The summed E-state index contributed by atoms with van der Waals surface area (Å²) < 4.78 is 2.66. The van der Waals surface area contributed by atoms with Crippen LogP contribution in [0.4, 0.5) is 5.69 Å². The summed E-state index contributed by atoms with van der Waals surface area (Å²) in [6.07, 6.45) is 0. The molecule has 0 N–H and O–H groups in total. The molecule has 3 aromatic rings. The monoisotopic (exact) mass is 334 g/mol. The Bertz CT molecular complexity index is 880. The van der Waals surface area contributed by atoms with E-state index in [1.54, 1.807) is 28.7 Å². The maximum absolute atomic E-state index is 12.4. The zero-order valence-corrected chi connectivity index (χ0v) is 12.3. The number of rotatable bonds is 2. The Balaban J connectivity index is 2.32. The fourth-order valence-corrected chi connectivity index (χ4v) is 4.40. The number of hydrogen-bond acceptors (Lipinski definition) is 3. The second kappa shape index (κ2) is 4.74. The molecule has 0 amide bonds. The molecule has 20 heavy (non-hydrogen) atoms. The average Bonchev–Trinajstić information content (AvgIpc) is 2.76. The van der Waals surface area contributed by atoms with Gasteiger partial charge in [0, 0.05) is 0 Å². The zero-order valence-electron chi connectivity index (χ0n) is 10.6. The molecule has 3 rings (SSSR count). The van der Waals surface area contributed by atoms with Gasteiger partial charge in [0.1, 0.15) is 0 Å². The Morgan fingerprint density at radius 1 is 1.15 bits per heavy atom. The van der Waals surface area contributed by atoms with Crippen molar-refractivity contribution in [3.63, 3.8) is 0 Å². The molecule has 5 nitrogen and oxygen atoms in total. The van der Waals surface area contributed by atoms with Gasteiger partial charge in [-0.25, -0.2) is 0 Å². The molecule has 0 aliphatic heterocycles. The van der Waals surface area contributed by atoms with E-state index in [1.165, 1.54) is 6.07 Å². The van der Waals surface area contributed by atoms with Crippen LogP contribution in [0.2, 0.25) is 0 Å². The fraction of sp³-hybridized carbons (Fsp3) is 0.0714. The molecule has 0 spiro atoms. The molecule has 0 radical (unpaired) electrons. The van der Waals surface area contributed by atoms with Gasteiger partial charge in [0.15, 0.2) is 0 Å². The number of nitro benzene ring substituents is 1. The molecule has 0 unspecified atom stereocenters. The first-order valence-corrected chi connectivity index (χ1v) is 7.57. The van der Waals surface area contributed by atoms with Gasteiger partial charge < -0.3 is 0 Å². The van der Waals surface area contributed by atoms with Crippen LogP contribution in [0.15, 0.2) is 47.3 Å². The predicted octanol–water partition coefficient (Wildman–Crippen LogP) is 2.26. The second-order valence-electron chi connectivity index (χ2n) is 4.37. The molecular formula is C14H10N2O3Se. The van der Waals surface area contributed by atoms with Gasteiger partial charge in [-0.3, -0.25) is 0 Å². The van der Waals surface area contributed by atoms with Crippen LogP contribution < -0.4 is 5.56 Å². The topological polar surface area (TPSA) is 65.1 Å². The predicted molar refractivity (Wildman–Crippen MR) is 77.9 cm³/mol. The van der Waals surface area contributed by atoms with E-state index in [2.05, 4.69) is 0 Å². The SMILES string of the molecule is Cc1c(-n2[se]c3ccccc3c2=O)cccc1[N+](=O)[O-]. The van der Waals surface area contributed by atoms with E-state index in [0.29, 0.717) is 16.6 Å². The van der Waals surface area contributed by atoms with Gasteiger partial charge in [0.2, 0.25) is 0 Å².